The van der Waals surface area contributed by atoms with Crippen LogP contribution >= 0.6 is 0 Å². The normalized spacial score (nSPS) is 11.7. The number of carbonyl (C=O) groups excluding carboxylic acids is 1. The van der Waals surface area contributed by atoms with Crippen LogP contribution in [0, 0.1) is 0 Å². The standard InChI is InChI=1S/C14H19NO4/c1-4-8-15-13(14(17)19-5-2)10-6-7-12(18-3)11(16)9-10/h4,6-7,9,13,15-16H,1,5,8H2,2-3H3. The van der Waals surface area contributed by atoms with Gasteiger partial charge in [0, 0.05) is 6.54 Å². The lowest BCUT2D eigenvalue weighted by molar-refractivity contribution is -0.145. The Balaban J connectivity index is 2.99. The first-order valence-electron chi connectivity index (χ1n) is 6.01. The number of carbonyl (C=O) groups is 1. The quantitative estimate of drug-likeness (QED) is 0.581. The van der Waals surface area contributed by atoms with E-state index in [0.29, 0.717) is 24.5 Å². The fourth-order valence-corrected chi connectivity index (χ4v) is 1.65. The van der Waals surface area contributed by atoms with Crippen LogP contribution in [0.5, 0.6) is 11.5 Å². The predicted octanol–water partition coefficient (Wildman–Crippen LogP) is 1.78. The van der Waals surface area contributed by atoms with Crippen molar-refractivity contribution < 1.29 is 19.4 Å². The van der Waals surface area contributed by atoms with Gasteiger partial charge in [0.1, 0.15) is 6.04 Å². The predicted molar refractivity (Wildman–Crippen MR) is 72.2 cm³/mol. The first-order chi connectivity index (χ1) is 9.13. The Kier molecular flexibility index (Phi) is 5.89. The zero-order valence-corrected chi connectivity index (χ0v) is 11.2. The molecule has 1 atom stereocenters. The van der Waals surface area contributed by atoms with Gasteiger partial charge in [-0.05, 0) is 24.6 Å². The van der Waals surface area contributed by atoms with Crippen LogP contribution in [0.3, 0.4) is 0 Å². The number of nitrogens with one attached hydrogen (secondary N) is 1. The molecule has 0 fully saturated rings. The second-order valence-corrected chi connectivity index (χ2v) is 3.81. The molecule has 0 radical (unpaired) electrons. The van der Waals surface area contributed by atoms with Gasteiger partial charge < -0.3 is 14.6 Å². The summed E-state index contributed by atoms with van der Waals surface area (Å²) in [7, 11) is 1.47. The second-order valence-electron chi connectivity index (χ2n) is 3.81. The Morgan fingerprint density at radius 3 is 2.84 bits per heavy atom. The smallest absolute Gasteiger partial charge is 0.327 e. The van der Waals surface area contributed by atoms with E-state index >= 15 is 0 Å². The average molecular weight is 265 g/mol. The number of methoxy groups -OCH3 is 1. The molecule has 0 saturated heterocycles. The molecule has 1 aromatic carbocycles. The van der Waals surface area contributed by atoms with Crippen molar-refractivity contribution in [2.45, 2.75) is 13.0 Å². The summed E-state index contributed by atoms with van der Waals surface area (Å²) in [6.45, 7) is 6.09. The molecule has 0 aliphatic heterocycles. The third kappa shape index (κ3) is 3.99. The van der Waals surface area contributed by atoms with E-state index in [1.165, 1.54) is 13.2 Å². The summed E-state index contributed by atoms with van der Waals surface area (Å²) in [5.41, 5.74) is 0.610. The number of hydrogen-bond donors (Lipinski definition) is 2. The van der Waals surface area contributed by atoms with Crippen molar-refractivity contribution in [2.24, 2.45) is 0 Å². The van der Waals surface area contributed by atoms with E-state index in [2.05, 4.69) is 11.9 Å². The first-order valence-corrected chi connectivity index (χ1v) is 6.01. The summed E-state index contributed by atoms with van der Waals surface area (Å²) in [5, 5.41) is 12.7. The summed E-state index contributed by atoms with van der Waals surface area (Å²) in [5.74, 6) is -0.0568. The second kappa shape index (κ2) is 7.43. The number of ether oxygens (including phenoxy) is 2. The summed E-state index contributed by atoms with van der Waals surface area (Å²) in [6, 6.07) is 4.15. The van der Waals surface area contributed by atoms with Crippen LogP contribution in [0.4, 0.5) is 0 Å². The minimum absolute atomic E-state index is 0.0188. The zero-order valence-electron chi connectivity index (χ0n) is 11.2. The fraction of sp³-hybridized carbons (Fsp3) is 0.357. The van der Waals surface area contributed by atoms with Crippen LogP contribution in [0.15, 0.2) is 30.9 Å². The van der Waals surface area contributed by atoms with Gasteiger partial charge in [-0.2, -0.15) is 0 Å². The van der Waals surface area contributed by atoms with Crippen molar-refractivity contribution in [3.63, 3.8) is 0 Å². The van der Waals surface area contributed by atoms with E-state index in [1.807, 2.05) is 0 Å². The molecule has 0 saturated carbocycles. The summed E-state index contributed by atoms with van der Waals surface area (Å²) >= 11 is 0. The largest absolute Gasteiger partial charge is 0.504 e. The topological polar surface area (TPSA) is 67.8 Å². The molecule has 1 unspecified atom stereocenters. The molecule has 0 heterocycles. The fourth-order valence-electron chi connectivity index (χ4n) is 1.65. The molecule has 0 aliphatic rings. The van der Waals surface area contributed by atoms with Crippen LogP contribution in [0.2, 0.25) is 0 Å². The third-order valence-corrected chi connectivity index (χ3v) is 2.52. The van der Waals surface area contributed by atoms with E-state index < -0.39 is 12.0 Å². The van der Waals surface area contributed by atoms with Crippen molar-refractivity contribution in [3.05, 3.63) is 36.4 Å². The first kappa shape index (κ1) is 15.0. The van der Waals surface area contributed by atoms with Gasteiger partial charge in [-0.3, -0.25) is 5.32 Å². The molecular weight excluding hydrogens is 246 g/mol. The highest BCUT2D eigenvalue weighted by atomic mass is 16.5. The highest BCUT2D eigenvalue weighted by Crippen LogP contribution is 2.29. The maximum absolute atomic E-state index is 11.9. The Bertz CT molecular complexity index is 445. The number of rotatable bonds is 7. The molecule has 104 valence electrons. The van der Waals surface area contributed by atoms with Gasteiger partial charge in [0.05, 0.1) is 13.7 Å². The monoisotopic (exact) mass is 265 g/mol. The van der Waals surface area contributed by atoms with Gasteiger partial charge in [0.25, 0.3) is 0 Å². The van der Waals surface area contributed by atoms with Gasteiger partial charge >= 0.3 is 5.97 Å². The van der Waals surface area contributed by atoms with Crippen molar-refractivity contribution in [1.82, 2.24) is 5.32 Å². The number of phenols is 1. The maximum atomic E-state index is 11.9. The van der Waals surface area contributed by atoms with Gasteiger partial charge in [-0.15, -0.1) is 6.58 Å². The van der Waals surface area contributed by atoms with E-state index in [-0.39, 0.29) is 5.75 Å². The summed E-state index contributed by atoms with van der Waals surface area (Å²) in [4.78, 5) is 11.9. The van der Waals surface area contributed by atoms with Gasteiger partial charge in [0.15, 0.2) is 11.5 Å². The maximum Gasteiger partial charge on any atom is 0.327 e. The number of aromatic hydroxyl groups is 1. The Hall–Kier alpha value is -2.01. The van der Waals surface area contributed by atoms with Gasteiger partial charge in [-0.1, -0.05) is 12.1 Å². The Morgan fingerprint density at radius 2 is 2.32 bits per heavy atom. The van der Waals surface area contributed by atoms with Gasteiger partial charge in [0.2, 0.25) is 0 Å². The highest BCUT2D eigenvalue weighted by Gasteiger charge is 2.22. The van der Waals surface area contributed by atoms with E-state index in [0.717, 1.165) is 0 Å². The van der Waals surface area contributed by atoms with Crippen LogP contribution in [0.1, 0.15) is 18.5 Å². The number of phenolic OH excluding ortho intramolecular Hbond substituents is 1. The molecule has 5 nitrogen and oxygen atoms in total. The van der Waals surface area contributed by atoms with Crippen LogP contribution in [0.25, 0.3) is 0 Å². The van der Waals surface area contributed by atoms with Crippen molar-refractivity contribution >= 4 is 5.97 Å². The SMILES string of the molecule is C=CCNC(C(=O)OCC)c1ccc(OC)c(O)c1. The number of benzene rings is 1. The van der Waals surface area contributed by atoms with Crippen molar-refractivity contribution in [1.29, 1.82) is 0 Å². The molecule has 1 aromatic rings. The number of hydrogen-bond acceptors (Lipinski definition) is 5. The molecular formula is C14H19NO4. The molecule has 0 aliphatic carbocycles. The van der Waals surface area contributed by atoms with Crippen LogP contribution in [-0.4, -0.2) is 31.3 Å². The lowest BCUT2D eigenvalue weighted by Gasteiger charge is -2.17. The summed E-state index contributed by atoms with van der Waals surface area (Å²) < 4.78 is 9.97. The van der Waals surface area contributed by atoms with Crippen LogP contribution < -0.4 is 10.1 Å². The Morgan fingerprint density at radius 1 is 1.58 bits per heavy atom. The van der Waals surface area contributed by atoms with Crippen molar-refractivity contribution in [2.75, 3.05) is 20.3 Å². The minimum Gasteiger partial charge on any atom is -0.504 e. The molecule has 0 aromatic heterocycles. The lowest BCUT2D eigenvalue weighted by Crippen LogP contribution is -2.30. The third-order valence-electron chi connectivity index (χ3n) is 2.52. The van der Waals surface area contributed by atoms with Crippen molar-refractivity contribution in [3.8, 4) is 11.5 Å². The highest BCUT2D eigenvalue weighted by molar-refractivity contribution is 5.78. The Labute approximate surface area is 112 Å². The minimum atomic E-state index is -0.644. The number of esters is 1. The van der Waals surface area contributed by atoms with E-state index in [9.17, 15) is 9.90 Å². The summed E-state index contributed by atoms with van der Waals surface area (Å²) in [6.07, 6.45) is 1.65. The molecule has 1 rings (SSSR count). The van der Waals surface area contributed by atoms with Gasteiger partial charge in [-0.25, -0.2) is 4.79 Å². The molecule has 2 N–H and O–H groups in total. The van der Waals surface area contributed by atoms with Crippen LogP contribution in [-0.2, 0) is 9.53 Å². The average Bonchev–Trinajstić information content (AvgIpc) is 2.39. The van der Waals surface area contributed by atoms with E-state index in [4.69, 9.17) is 9.47 Å². The molecule has 5 heteroatoms. The molecule has 19 heavy (non-hydrogen) atoms. The van der Waals surface area contributed by atoms with E-state index in [1.54, 1.807) is 25.1 Å². The molecule has 0 bridgehead atoms. The zero-order chi connectivity index (χ0) is 14.3. The lowest BCUT2D eigenvalue weighted by atomic mass is 10.1. The molecule has 0 amide bonds. The molecule has 0 spiro atoms.